The molecule has 2 bridgehead atoms. The van der Waals surface area contributed by atoms with Gasteiger partial charge in [-0.3, -0.25) is 0 Å². The number of methoxy groups -OCH3 is 1. The molecule has 6 nitrogen and oxygen atoms in total. The van der Waals surface area contributed by atoms with Crippen molar-refractivity contribution in [1.29, 1.82) is 0 Å². The Hall–Kier alpha value is 0.310. The molecule has 1 aliphatic heterocycles. The van der Waals surface area contributed by atoms with Crippen molar-refractivity contribution in [3.8, 4) is 5.75 Å². The van der Waals surface area contributed by atoms with Gasteiger partial charge in [-0.05, 0) is 94.3 Å². The molecule has 2 saturated carbocycles. The van der Waals surface area contributed by atoms with Gasteiger partial charge in [0, 0.05) is 11.3 Å². The third-order valence-corrected chi connectivity index (χ3v) is 8.13. The topological polar surface area (TPSA) is 84.9 Å². The monoisotopic (exact) mass is 605 g/mol. The van der Waals surface area contributed by atoms with Gasteiger partial charge in [-0.2, -0.15) is 0 Å². The van der Waals surface area contributed by atoms with Crippen molar-refractivity contribution in [2.75, 3.05) is 12.9 Å². The first kappa shape index (κ1) is 19.6. The SMILES string of the molecule is COc1c(I)cc(C2OC3C4CC(CCS(=O)(=O)[O-])C(C4)C3O2)cc1I. The zero-order valence-corrected chi connectivity index (χ0v) is 19.2. The van der Waals surface area contributed by atoms with Crippen molar-refractivity contribution >= 4 is 55.3 Å². The summed E-state index contributed by atoms with van der Waals surface area (Å²) in [4.78, 5) is 0. The molecule has 3 aliphatic rings. The average Bonchev–Trinajstić information content (AvgIpc) is 3.23. The predicted octanol–water partition coefficient (Wildman–Crippen LogP) is 3.28. The molecule has 1 aromatic rings. The van der Waals surface area contributed by atoms with E-state index in [2.05, 4.69) is 45.2 Å². The van der Waals surface area contributed by atoms with Crippen molar-refractivity contribution in [3.63, 3.8) is 0 Å². The van der Waals surface area contributed by atoms with Gasteiger partial charge >= 0.3 is 0 Å². The summed E-state index contributed by atoms with van der Waals surface area (Å²) < 4.78 is 52.8. The summed E-state index contributed by atoms with van der Waals surface area (Å²) in [5.74, 6) is 1.49. The van der Waals surface area contributed by atoms with Gasteiger partial charge in [0.1, 0.15) is 5.75 Å². The minimum atomic E-state index is -4.16. The fourth-order valence-corrected chi connectivity index (χ4v) is 7.61. The normalized spacial score (nSPS) is 35.7. The second kappa shape index (κ2) is 7.29. The van der Waals surface area contributed by atoms with Crippen LogP contribution in [0.25, 0.3) is 0 Å². The molecule has 0 N–H and O–H groups in total. The first-order valence-corrected chi connectivity index (χ1v) is 12.3. The molecule has 1 heterocycles. The molecule has 26 heavy (non-hydrogen) atoms. The fraction of sp³-hybridized carbons (Fsp3) is 0.647. The van der Waals surface area contributed by atoms with E-state index in [1.165, 1.54) is 0 Å². The molecule has 6 unspecified atom stereocenters. The van der Waals surface area contributed by atoms with Crippen molar-refractivity contribution in [2.24, 2.45) is 17.8 Å². The minimum Gasteiger partial charge on any atom is -0.748 e. The highest BCUT2D eigenvalue weighted by Gasteiger charge is 2.58. The van der Waals surface area contributed by atoms with Gasteiger partial charge in [-0.1, -0.05) is 0 Å². The summed E-state index contributed by atoms with van der Waals surface area (Å²) in [6.45, 7) is 0. The lowest BCUT2D eigenvalue weighted by atomic mass is 9.83. The van der Waals surface area contributed by atoms with E-state index in [0.29, 0.717) is 12.3 Å². The molecule has 0 aromatic heterocycles. The van der Waals surface area contributed by atoms with Crippen LogP contribution in [-0.2, 0) is 19.6 Å². The maximum atomic E-state index is 11.0. The van der Waals surface area contributed by atoms with Crippen LogP contribution in [-0.4, -0.2) is 38.0 Å². The molecule has 3 fully saturated rings. The lowest BCUT2D eigenvalue weighted by molar-refractivity contribution is -0.0846. The Kier molecular flexibility index (Phi) is 5.50. The quantitative estimate of drug-likeness (QED) is 0.379. The second-order valence-electron chi connectivity index (χ2n) is 7.26. The summed E-state index contributed by atoms with van der Waals surface area (Å²) >= 11 is 4.49. The van der Waals surface area contributed by atoms with Crippen LogP contribution >= 0.6 is 45.2 Å². The Morgan fingerprint density at radius 3 is 2.46 bits per heavy atom. The fourth-order valence-electron chi connectivity index (χ4n) is 4.76. The van der Waals surface area contributed by atoms with Gasteiger partial charge in [-0.15, -0.1) is 0 Å². The molecule has 1 saturated heterocycles. The molecular formula is C17H19I2O6S-. The van der Waals surface area contributed by atoms with E-state index in [1.54, 1.807) is 7.11 Å². The number of hydrogen-bond acceptors (Lipinski definition) is 6. The molecule has 0 radical (unpaired) electrons. The third kappa shape index (κ3) is 3.63. The highest BCUT2D eigenvalue weighted by molar-refractivity contribution is 14.1. The maximum absolute atomic E-state index is 11.0. The smallest absolute Gasteiger partial charge is 0.184 e. The van der Waals surface area contributed by atoms with Crippen LogP contribution in [0, 0.1) is 24.9 Å². The zero-order valence-electron chi connectivity index (χ0n) is 14.1. The molecular weight excluding hydrogens is 586 g/mol. The molecule has 0 spiro atoms. The van der Waals surface area contributed by atoms with Crippen LogP contribution in [0.5, 0.6) is 5.75 Å². The van der Waals surface area contributed by atoms with E-state index < -0.39 is 16.4 Å². The molecule has 4 rings (SSSR count). The van der Waals surface area contributed by atoms with Crippen molar-refractivity contribution in [3.05, 3.63) is 24.8 Å². The second-order valence-corrected chi connectivity index (χ2v) is 11.1. The molecule has 144 valence electrons. The zero-order chi connectivity index (χ0) is 18.6. The van der Waals surface area contributed by atoms with Crippen LogP contribution in [0.3, 0.4) is 0 Å². The van der Waals surface area contributed by atoms with Crippen molar-refractivity contribution < 1.29 is 27.2 Å². The Morgan fingerprint density at radius 1 is 1.19 bits per heavy atom. The van der Waals surface area contributed by atoms with E-state index in [0.717, 1.165) is 31.3 Å². The predicted molar refractivity (Wildman–Crippen MR) is 110 cm³/mol. The summed E-state index contributed by atoms with van der Waals surface area (Å²) in [7, 11) is -2.50. The average molecular weight is 605 g/mol. The first-order valence-electron chi connectivity index (χ1n) is 8.54. The van der Waals surface area contributed by atoms with Gasteiger partial charge in [0.15, 0.2) is 6.29 Å². The molecule has 9 heteroatoms. The number of halogens is 2. The van der Waals surface area contributed by atoms with Gasteiger partial charge in [0.2, 0.25) is 0 Å². The number of fused-ring (bicyclic) bond motifs is 5. The molecule has 2 aliphatic carbocycles. The Bertz CT molecular complexity index is 790. The van der Waals surface area contributed by atoms with Crippen LogP contribution in [0.2, 0.25) is 0 Å². The van der Waals surface area contributed by atoms with Gasteiger partial charge < -0.3 is 18.8 Å². The number of ether oxygens (including phenoxy) is 3. The Morgan fingerprint density at radius 2 is 1.85 bits per heavy atom. The van der Waals surface area contributed by atoms with E-state index in [-0.39, 0.29) is 29.8 Å². The lowest BCUT2D eigenvalue weighted by Crippen LogP contribution is -2.35. The highest BCUT2D eigenvalue weighted by Crippen LogP contribution is 2.57. The van der Waals surface area contributed by atoms with Gasteiger partial charge in [0.05, 0.1) is 36.6 Å². The molecule has 1 aromatic carbocycles. The molecule has 0 amide bonds. The molecule has 6 atom stereocenters. The van der Waals surface area contributed by atoms with Crippen LogP contribution < -0.4 is 4.74 Å². The van der Waals surface area contributed by atoms with E-state index in [4.69, 9.17) is 14.2 Å². The van der Waals surface area contributed by atoms with Crippen molar-refractivity contribution in [2.45, 2.75) is 37.8 Å². The van der Waals surface area contributed by atoms with Gasteiger partial charge in [0.25, 0.3) is 0 Å². The largest absolute Gasteiger partial charge is 0.748 e. The Labute approximate surface area is 180 Å². The maximum Gasteiger partial charge on any atom is 0.184 e. The van der Waals surface area contributed by atoms with Crippen molar-refractivity contribution in [1.82, 2.24) is 0 Å². The highest BCUT2D eigenvalue weighted by atomic mass is 127. The number of benzene rings is 1. The number of hydrogen-bond donors (Lipinski definition) is 0. The third-order valence-electron chi connectivity index (χ3n) is 5.79. The minimum absolute atomic E-state index is 0.00414. The number of rotatable bonds is 5. The first-order chi connectivity index (χ1) is 12.3. The lowest BCUT2D eigenvalue weighted by Gasteiger charge is -2.29. The summed E-state index contributed by atoms with van der Waals surface area (Å²) in [5.41, 5.74) is 0.979. The van der Waals surface area contributed by atoms with E-state index >= 15 is 0 Å². The van der Waals surface area contributed by atoms with E-state index in [9.17, 15) is 13.0 Å². The van der Waals surface area contributed by atoms with Crippen LogP contribution in [0.15, 0.2) is 12.1 Å². The van der Waals surface area contributed by atoms with Crippen LogP contribution in [0.4, 0.5) is 0 Å². The summed E-state index contributed by atoms with van der Waals surface area (Å²) in [6.07, 6.45) is 2.03. The van der Waals surface area contributed by atoms with Gasteiger partial charge in [-0.25, -0.2) is 8.42 Å². The summed E-state index contributed by atoms with van der Waals surface area (Å²) in [5, 5.41) is 0. The van der Waals surface area contributed by atoms with Crippen LogP contribution in [0.1, 0.15) is 31.1 Å². The standard InChI is InChI=1S/C17H20I2O6S/c1-23-16-12(18)6-10(7-13(16)19)17-24-14-9-4-8(2-3-26(20,21)22)11(5-9)15(14)25-17/h6-9,11,14-15,17H,2-5H2,1H3,(H,20,21,22)/p-1. The summed E-state index contributed by atoms with van der Waals surface area (Å²) in [6, 6.07) is 4.05. The van der Waals surface area contributed by atoms with E-state index in [1.807, 2.05) is 12.1 Å². The Balaban J connectivity index is 1.48.